The van der Waals surface area contributed by atoms with Gasteiger partial charge in [0.25, 0.3) is 0 Å². The van der Waals surface area contributed by atoms with Crippen LogP contribution in [0, 0.1) is 5.92 Å². The Kier molecular flexibility index (Phi) is 3.68. The number of nitrogens with one attached hydrogen (secondary N) is 1. The first-order valence-electron chi connectivity index (χ1n) is 5.66. The molecule has 1 aromatic heterocycles. The zero-order valence-corrected chi connectivity index (χ0v) is 11.8. The van der Waals surface area contributed by atoms with Crippen LogP contribution in [0.3, 0.4) is 0 Å². The minimum atomic E-state index is -0.194. The zero-order valence-electron chi connectivity index (χ0n) is 10.2. The van der Waals surface area contributed by atoms with E-state index >= 15 is 0 Å². The number of aromatic amines is 1. The van der Waals surface area contributed by atoms with Crippen molar-refractivity contribution in [3.05, 3.63) is 28.5 Å². The predicted octanol–water partition coefficient (Wildman–Crippen LogP) is 2.60. The number of aromatic nitrogens is 3. The Morgan fingerprint density at radius 1 is 1.39 bits per heavy atom. The van der Waals surface area contributed by atoms with Crippen LogP contribution in [0.2, 0.25) is 0 Å². The van der Waals surface area contributed by atoms with E-state index in [0.717, 1.165) is 4.47 Å². The van der Waals surface area contributed by atoms with Gasteiger partial charge in [-0.1, -0.05) is 29.8 Å². The lowest BCUT2D eigenvalue weighted by Crippen LogP contribution is -2.18. The van der Waals surface area contributed by atoms with Crippen molar-refractivity contribution in [3.8, 4) is 17.1 Å². The zero-order chi connectivity index (χ0) is 13.3. The molecule has 0 fully saturated rings. The van der Waals surface area contributed by atoms with Gasteiger partial charge in [0.2, 0.25) is 0 Å². The molecule has 6 heteroatoms. The van der Waals surface area contributed by atoms with Gasteiger partial charge in [0, 0.05) is 4.47 Å². The minimum absolute atomic E-state index is 0.141. The molecule has 0 aliphatic rings. The van der Waals surface area contributed by atoms with E-state index in [-0.39, 0.29) is 17.7 Å². The Morgan fingerprint density at radius 2 is 2.11 bits per heavy atom. The molecule has 0 amide bonds. The van der Waals surface area contributed by atoms with Gasteiger partial charge in [-0.2, -0.15) is 5.10 Å². The lowest BCUT2D eigenvalue weighted by Gasteiger charge is -2.11. The van der Waals surface area contributed by atoms with Crippen LogP contribution in [-0.4, -0.2) is 20.3 Å². The smallest absolute Gasteiger partial charge is 0.184 e. The molecule has 0 aliphatic carbocycles. The van der Waals surface area contributed by atoms with Crippen LogP contribution >= 0.6 is 15.9 Å². The fraction of sp³-hybridized carbons (Fsp3) is 0.333. The van der Waals surface area contributed by atoms with Gasteiger partial charge in [0.15, 0.2) is 5.82 Å². The number of phenolic OH excluding ortho intramolecular Hbond substituents is 1. The van der Waals surface area contributed by atoms with Crippen LogP contribution in [0.15, 0.2) is 22.7 Å². The van der Waals surface area contributed by atoms with Gasteiger partial charge in [-0.05, 0) is 24.1 Å². The van der Waals surface area contributed by atoms with E-state index in [9.17, 15) is 5.11 Å². The van der Waals surface area contributed by atoms with Gasteiger partial charge in [-0.15, -0.1) is 0 Å². The molecule has 96 valence electrons. The van der Waals surface area contributed by atoms with Gasteiger partial charge in [0.1, 0.15) is 11.6 Å². The highest BCUT2D eigenvalue weighted by molar-refractivity contribution is 9.10. The largest absolute Gasteiger partial charge is 0.507 e. The molecule has 2 aromatic rings. The number of benzene rings is 1. The van der Waals surface area contributed by atoms with Crippen LogP contribution in [0.25, 0.3) is 11.4 Å². The highest BCUT2D eigenvalue weighted by Crippen LogP contribution is 2.30. The number of aromatic hydroxyl groups is 1. The number of phenols is 1. The molecule has 0 radical (unpaired) electrons. The van der Waals surface area contributed by atoms with Crippen molar-refractivity contribution in [2.75, 3.05) is 0 Å². The molecule has 0 saturated carbocycles. The van der Waals surface area contributed by atoms with E-state index in [4.69, 9.17) is 5.73 Å². The summed E-state index contributed by atoms with van der Waals surface area (Å²) in [6.45, 7) is 4.03. The van der Waals surface area contributed by atoms with E-state index in [2.05, 4.69) is 31.1 Å². The van der Waals surface area contributed by atoms with Crippen molar-refractivity contribution < 1.29 is 5.11 Å². The molecule has 2 rings (SSSR count). The van der Waals surface area contributed by atoms with Crippen LogP contribution in [0.5, 0.6) is 5.75 Å². The first-order valence-corrected chi connectivity index (χ1v) is 6.45. The summed E-state index contributed by atoms with van der Waals surface area (Å²) < 4.78 is 0.856. The monoisotopic (exact) mass is 310 g/mol. The minimum Gasteiger partial charge on any atom is -0.507 e. The summed E-state index contributed by atoms with van der Waals surface area (Å²) in [4.78, 5) is 4.33. The van der Waals surface area contributed by atoms with Crippen LogP contribution in [0.1, 0.15) is 25.7 Å². The molecule has 1 aromatic carbocycles. The quantitative estimate of drug-likeness (QED) is 0.813. The molecule has 0 bridgehead atoms. The Morgan fingerprint density at radius 3 is 2.78 bits per heavy atom. The Bertz CT molecular complexity index is 553. The van der Waals surface area contributed by atoms with E-state index in [0.29, 0.717) is 17.2 Å². The summed E-state index contributed by atoms with van der Waals surface area (Å²) in [6.07, 6.45) is 0. The van der Waals surface area contributed by atoms with E-state index in [1.54, 1.807) is 18.2 Å². The molecule has 18 heavy (non-hydrogen) atoms. The van der Waals surface area contributed by atoms with Crippen molar-refractivity contribution in [2.24, 2.45) is 11.7 Å². The molecule has 4 N–H and O–H groups in total. The molecule has 0 unspecified atom stereocenters. The Hall–Kier alpha value is -1.40. The lowest BCUT2D eigenvalue weighted by atomic mass is 10.1. The van der Waals surface area contributed by atoms with Gasteiger partial charge in [-0.3, -0.25) is 5.10 Å². The van der Waals surface area contributed by atoms with E-state index < -0.39 is 0 Å². The molecule has 0 aliphatic heterocycles. The van der Waals surface area contributed by atoms with Crippen LogP contribution in [0.4, 0.5) is 0 Å². The summed E-state index contributed by atoms with van der Waals surface area (Å²) in [5.74, 6) is 1.48. The summed E-state index contributed by atoms with van der Waals surface area (Å²) in [7, 11) is 0. The van der Waals surface area contributed by atoms with Gasteiger partial charge >= 0.3 is 0 Å². The maximum Gasteiger partial charge on any atom is 0.184 e. The lowest BCUT2D eigenvalue weighted by molar-refractivity contribution is 0.476. The average molecular weight is 311 g/mol. The van der Waals surface area contributed by atoms with Crippen LogP contribution in [-0.2, 0) is 0 Å². The molecule has 1 heterocycles. The second-order valence-corrected chi connectivity index (χ2v) is 5.39. The molecule has 0 spiro atoms. The third-order valence-corrected chi connectivity index (χ3v) is 3.23. The maximum absolute atomic E-state index is 9.80. The Balaban J connectivity index is 2.38. The second kappa shape index (κ2) is 5.07. The second-order valence-electron chi connectivity index (χ2n) is 4.48. The number of hydrogen-bond donors (Lipinski definition) is 3. The van der Waals surface area contributed by atoms with E-state index in [1.807, 2.05) is 13.8 Å². The number of nitrogens with two attached hydrogens (primary N) is 1. The first kappa shape index (κ1) is 13.0. The van der Waals surface area contributed by atoms with Gasteiger partial charge < -0.3 is 10.8 Å². The fourth-order valence-electron chi connectivity index (χ4n) is 1.55. The van der Waals surface area contributed by atoms with Crippen LogP contribution < -0.4 is 5.73 Å². The third-order valence-electron chi connectivity index (χ3n) is 2.74. The highest BCUT2D eigenvalue weighted by Gasteiger charge is 2.17. The van der Waals surface area contributed by atoms with E-state index in [1.165, 1.54) is 0 Å². The number of rotatable bonds is 3. The average Bonchev–Trinajstić information content (AvgIpc) is 2.80. The van der Waals surface area contributed by atoms with Gasteiger partial charge in [-0.25, -0.2) is 4.98 Å². The standard InChI is InChI=1S/C12H15BrN4O/c1-6(2)10(14)12-15-11(16-17-12)8-5-7(13)3-4-9(8)18/h3-6,10,18H,14H2,1-2H3,(H,15,16,17)/t10-/m0/s1. The summed E-state index contributed by atoms with van der Waals surface area (Å²) in [5, 5.41) is 16.7. The molecule has 0 saturated heterocycles. The Labute approximate surface area is 114 Å². The summed E-state index contributed by atoms with van der Waals surface area (Å²) in [5.41, 5.74) is 6.56. The molecular weight excluding hydrogens is 296 g/mol. The van der Waals surface area contributed by atoms with Crippen molar-refractivity contribution >= 4 is 15.9 Å². The molecule has 5 nitrogen and oxygen atoms in total. The summed E-state index contributed by atoms with van der Waals surface area (Å²) in [6, 6.07) is 4.92. The number of H-pyrrole nitrogens is 1. The number of nitrogens with zero attached hydrogens (tertiary/aromatic N) is 2. The van der Waals surface area contributed by atoms with Crippen molar-refractivity contribution in [1.29, 1.82) is 0 Å². The number of halogens is 1. The van der Waals surface area contributed by atoms with Crippen molar-refractivity contribution in [3.63, 3.8) is 0 Å². The van der Waals surface area contributed by atoms with Gasteiger partial charge in [0.05, 0.1) is 11.6 Å². The number of hydrogen-bond acceptors (Lipinski definition) is 4. The summed E-state index contributed by atoms with van der Waals surface area (Å²) >= 11 is 3.35. The van der Waals surface area contributed by atoms with Crippen molar-refractivity contribution in [1.82, 2.24) is 15.2 Å². The topological polar surface area (TPSA) is 87.8 Å². The SMILES string of the molecule is CC(C)[C@H](N)c1nc(-c2cc(Br)ccc2O)n[nH]1. The highest BCUT2D eigenvalue weighted by atomic mass is 79.9. The predicted molar refractivity (Wildman–Crippen MR) is 72.9 cm³/mol. The first-order chi connectivity index (χ1) is 8.49. The molecular formula is C12H15BrN4O. The van der Waals surface area contributed by atoms with Crippen molar-refractivity contribution in [2.45, 2.75) is 19.9 Å². The maximum atomic E-state index is 9.80. The molecule has 1 atom stereocenters. The normalized spacial score (nSPS) is 12.9. The third kappa shape index (κ3) is 2.54. The fourth-order valence-corrected chi connectivity index (χ4v) is 1.91.